The van der Waals surface area contributed by atoms with Crippen LogP contribution >= 0.6 is 11.6 Å². The van der Waals surface area contributed by atoms with Gasteiger partial charge >= 0.3 is 12.1 Å². The zero-order chi connectivity index (χ0) is 20.6. The lowest BCUT2D eigenvalue weighted by molar-refractivity contribution is -0.189. The van der Waals surface area contributed by atoms with Crippen LogP contribution in [0, 0.1) is 5.92 Å². The number of aliphatic carboxylic acids is 1. The molecule has 11 heteroatoms. The molecule has 0 radical (unpaired) electrons. The first-order valence-corrected chi connectivity index (χ1v) is 9.82. The van der Waals surface area contributed by atoms with E-state index in [0.717, 1.165) is 25.1 Å². The predicted molar refractivity (Wildman–Crippen MR) is 89.7 cm³/mol. The summed E-state index contributed by atoms with van der Waals surface area (Å²) in [6.07, 6.45) is -7.59. The molecule has 0 saturated heterocycles. The summed E-state index contributed by atoms with van der Waals surface area (Å²) >= 11 is 5.97. The second-order valence-corrected chi connectivity index (χ2v) is 8.85. The second-order valence-electron chi connectivity index (χ2n) is 6.25. The van der Waals surface area contributed by atoms with E-state index in [-0.39, 0.29) is 28.5 Å². The van der Waals surface area contributed by atoms with E-state index < -0.39 is 45.4 Å². The van der Waals surface area contributed by atoms with E-state index in [4.69, 9.17) is 21.1 Å². The highest BCUT2D eigenvalue weighted by molar-refractivity contribution is 7.92. The zero-order valence-electron chi connectivity index (χ0n) is 14.4. The molecule has 1 saturated carbocycles. The summed E-state index contributed by atoms with van der Waals surface area (Å²) in [6.45, 7) is 0.814. The van der Waals surface area contributed by atoms with Crippen LogP contribution in [0.15, 0.2) is 23.1 Å². The number of benzene rings is 1. The Kier molecular flexibility index (Phi) is 6.33. The number of carbonyl (C=O) groups is 1. The molecule has 2 rings (SSSR count). The number of sulfone groups is 1. The third-order valence-electron chi connectivity index (χ3n) is 4.50. The molecule has 4 atom stereocenters. The quantitative estimate of drug-likeness (QED) is 0.744. The molecule has 27 heavy (non-hydrogen) atoms. The topological polar surface area (TPSA) is 89.9 Å². The Balaban J connectivity index is 2.26. The van der Waals surface area contributed by atoms with Crippen LogP contribution in [0.1, 0.15) is 19.8 Å². The number of halogens is 4. The minimum Gasteiger partial charge on any atom is -0.481 e. The molecule has 1 fully saturated rings. The van der Waals surface area contributed by atoms with Crippen molar-refractivity contribution in [2.45, 2.75) is 48.3 Å². The van der Waals surface area contributed by atoms with Gasteiger partial charge in [-0.05, 0) is 31.9 Å². The summed E-state index contributed by atoms with van der Waals surface area (Å²) in [5, 5.41) is 7.88. The zero-order valence-corrected chi connectivity index (χ0v) is 15.9. The SMILES string of the molecule is CO[C@H]1C[C@@H](S(=O)(=O)c2ccc(O[C@H](C)C(F)(F)F)cc2Cl)C[C@@H]1C(=O)O. The van der Waals surface area contributed by atoms with Crippen LogP contribution in [-0.4, -0.2) is 50.2 Å². The van der Waals surface area contributed by atoms with Gasteiger partial charge in [0.2, 0.25) is 0 Å². The molecule has 1 aliphatic rings. The minimum absolute atomic E-state index is 0.0184. The van der Waals surface area contributed by atoms with Gasteiger partial charge in [0.1, 0.15) is 5.75 Å². The van der Waals surface area contributed by atoms with E-state index in [0.29, 0.717) is 0 Å². The van der Waals surface area contributed by atoms with Crippen molar-refractivity contribution in [3.05, 3.63) is 23.2 Å². The van der Waals surface area contributed by atoms with E-state index in [9.17, 15) is 31.5 Å². The van der Waals surface area contributed by atoms with Gasteiger partial charge in [-0.3, -0.25) is 4.79 Å². The largest absolute Gasteiger partial charge is 0.481 e. The van der Waals surface area contributed by atoms with Crippen LogP contribution in [0.25, 0.3) is 0 Å². The maximum Gasteiger partial charge on any atom is 0.425 e. The Hall–Kier alpha value is -1.52. The molecular formula is C16H18ClF3O6S. The summed E-state index contributed by atoms with van der Waals surface area (Å²) in [5.74, 6) is -2.35. The molecule has 0 unspecified atom stereocenters. The highest BCUT2D eigenvalue weighted by Gasteiger charge is 2.45. The minimum atomic E-state index is -4.58. The van der Waals surface area contributed by atoms with Crippen molar-refractivity contribution >= 4 is 27.4 Å². The Morgan fingerprint density at radius 2 is 1.96 bits per heavy atom. The van der Waals surface area contributed by atoms with Crippen LogP contribution in [0.2, 0.25) is 5.02 Å². The average molecular weight is 431 g/mol. The first kappa shape index (κ1) is 21.8. The summed E-state index contributed by atoms with van der Waals surface area (Å²) in [6, 6.07) is 3.14. The number of hydrogen-bond acceptors (Lipinski definition) is 5. The number of alkyl halides is 3. The van der Waals surface area contributed by atoms with Crippen molar-refractivity contribution in [1.82, 2.24) is 0 Å². The Labute approximate surface area is 159 Å². The van der Waals surface area contributed by atoms with Gasteiger partial charge in [0.05, 0.1) is 27.2 Å². The van der Waals surface area contributed by atoms with E-state index >= 15 is 0 Å². The molecule has 0 spiro atoms. The van der Waals surface area contributed by atoms with Crippen molar-refractivity contribution in [2.75, 3.05) is 7.11 Å². The monoisotopic (exact) mass is 430 g/mol. The molecule has 1 aromatic rings. The van der Waals surface area contributed by atoms with Crippen molar-refractivity contribution in [1.29, 1.82) is 0 Å². The third-order valence-corrected chi connectivity index (χ3v) is 7.16. The summed E-state index contributed by atoms with van der Waals surface area (Å²) in [7, 11) is -2.70. The summed E-state index contributed by atoms with van der Waals surface area (Å²) < 4.78 is 73.1. The van der Waals surface area contributed by atoms with Crippen molar-refractivity contribution in [2.24, 2.45) is 5.92 Å². The Morgan fingerprint density at radius 3 is 2.41 bits per heavy atom. The van der Waals surface area contributed by atoms with Gasteiger partial charge in [0.15, 0.2) is 15.9 Å². The molecule has 6 nitrogen and oxygen atoms in total. The van der Waals surface area contributed by atoms with Crippen molar-refractivity contribution in [3.8, 4) is 5.75 Å². The van der Waals surface area contributed by atoms with E-state index in [1.54, 1.807) is 0 Å². The molecule has 1 N–H and O–H groups in total. The number of methoxy groups -OCH3 is 1. The van der Waals surface area contributed by atoms with Crippen molar-refractivity contribution in [3.63, 3.8) is 0 Å². The molecule has 0 bridgehead atoms. The molecular weight excluding hydrogens is 413 g/mol. The highest BCUT2D eigenvalue weighted by Crippen LogP contribution is 2.38. The van der Waals surface area contributed by atoms with Crippen molar-refractivity contribution < 1.29 is 41.0 Å². The van der Waals surface area contributed by atoms with Gasteiger partial charge < -0.3 is 14.6 Å². The highest BCUT2D eigenvalue weighted by atomic mass is 35.5. The van der Waals surface area contributed by atoms with E-state index in [1.807, 2.05) is 0 Å². The van der Waals surface area contributed by atoms with Crippen LogP contribution in [0.5, 0.6) is 5.75 Å². The van der Waals surface area contributed by atoms with Gasteiger partial charge in [-0.1, -0.05) is 11.6 Å². The van der Waals surface area contributed by atoms with E-state index in [2.05, 4.69) is 0 Å². The fourth-order valence-electron chi connectivity index (χ4n) is 2.96. The van der Waals surface area contributed by atoms with Gasteiger partial charge in [0.25, 0.3) is 0 Å². The van der Waals surface area contributed by atoms with Gasteiger partial charge in [-0.2, -0.15) is 13.2 Å². The fraction of sp³-hybridized carbons (Fsp3) is 0.562. The van der Waals surface area contributed by atoms with Crippen LogP contribution < -0.4 is 4.74 Å². The summed E-state index contributed by atoms with van der Waals surface area (Å²) in [5.41, 5.74) is 0. The number of carboxylic acid groups (broad SMARTS) is 1. The summed E-state index contributed by atoms with van der Waals surface area (Å²) in [4.78, 5) is 11.0. The van der Waals surface area contributed by atoms with Gasteiger partial charge in [0, 0.05) is 13.2 Å². The average Bonchev–Trinajstić information content (AvgIpc) is 2.99. The number of carboxylic acids is 1. The van der Waals surface area contributed by atoms with Crippen LogP contribution in [0.3, 0.4) is 0 Å². The molecule has 0 aromatic heterocycles. The number of hydrogen-bond donors (Lipinski definition) is 1. The number of rotatable bonds is 6. The first-order chi connectivity index (χ1) is 12.4. The molecule has 0 heterocycles. The fourth-order valence-corrected chi connectivity index (χ4v) is 5.31. The lowest BCUT2D eigenvalue weighted by atomic mass is 10.1. The Morgan fingerprint density at radius 1 is 1.33 bits per heavy atom. The smallest absolute Gasteiger partial charge is 0.425 e. The molecule has 152 valence electrons. The van der Waals surface area contributed by atoms with Crippen LogP contribution in [0.4, 0.5) is 13.2 Å². The van der Waals surface area contributed by atoms with Gasteiger partial charge in [-0.25, -0.2) is 8.42 Å². The predicted octanol–water partition coefficient (Wildman–Crippen LogP) is 3.32. The lowest BCUT2D eigenvalue weighted by Gasteiger charge is -2.19. The molecule has 1 aliphatic carbocycles. The van der Waals surface area contributed by atoms with Crippen LogP contribution in [-0.2, 0) is 19.4 Å². The third kappa shape index (κ3) is 4.67. The second kappa shape index (κ2) is 7.84. The van der Waals surface area contributed by atoms with Gasteiger partial charge in [-0.15, -0.1) is 0 Å². The normalized spacial score (nSPS) is 24.6. The Bertz CT molecular complexity index is 811. The van der Waals surface area contributed by atoms with E-state index in [1.165, 1.54) is 7.11 Å². The maximum absolute atomic E-state index is 12.8. The standard InChI is InChI=1S/C16H18ClF3O6S/c1-8(16(18,19)20)26-9-3-4-14(12(17)5-9)27(23,24)10-6-11(15(21)22)13(7-10)25-2/h3-5,8,10-11,13H,6-7H2,1-2H3,(H,21,22)/t8-,10+,11+,13+/m1/s1. The maximum atomic E-state index is 12.8. The number of ether oxygens (including phenoxy) is 2. The lowest BCUT2D eigenvalue weighted by Crippen LogP contribution is -2.31. The molecule has 1 aromatic carbocycles. The molecule has 0 amide bonds. The molecule has 0 aliphatic heterocycles. The first-order valence-electron chi connectivity index (χ1n) is 7.90.